The van der Waals surface area contributed by atoms with Crippen molar-refractivity contribution in [2.75, 3.05) is 22.4 Å². The number of sulfonamides is 1. The molecule has 7 nitrogen and oxygen atoms in total. The molecule has 2 aromatic carbocycles. The Bertz CT molecular complexity index is 1160. The van der Waals surface area contributed by atoms with E-state index in [-0.39, 0.29) is 17.3 Å². The van der Waals surface area contributed by atoms with Crippen molar-refractivity contribution >= 4 is 38.6 Å². The molecule has 1 aliphatic heterocycles. The number of carbonyl (C=O) groups excluding carboxylic acids is 1. The summed E-state index contributed by atoms with van der Waals surface area (Å²) >= 11 is 1.55. The zero-order chi connectivity index (χ0) is 19.9. The van der Waals surface area contributed by atoms with Crippen LogP contribution >= 0.6 is 11.3 Å². The van der Waals surface area contributed by atoms with Gasteiger partial charge in [0.1, 0.15) is 10.8 Å². The molecule has 144 valence electrons. The third-order valence-corrected chi connectivity index (χ3v) is 5.86. The van der Waals surface area contributed by atoms with Crippen LogP contribution in [0.4, 0.5) is 11.4 Å². The summed E-state index contributed by atoms with van der Waals surface area (Å²) in [7, 11) is -3.55. The van der Waals surface area contributed by atoms with E-state index in [0.29, 0.717) is 24.2 Å². The van der Waals surface area contributed by atoms with Gasteiger partial charge in [0.25, 0.3) is 5.91 Å². The molecule has 3 aromatic rings. The Kier molecular flexibility index (Phi) is 4.56. The van der Waals surface area contributed by atoms with E-state index in [1.807, 2.05) is 17.5 Å². The number of rotatable bonds is 4. The van der Waals surface area contributed by atoms with E-state index in [4.69, 9.17) is 0 Å². The van der Waals surface area contributed by atoms with Gasteiger partial charge in [0.05, 0.1) is 11.9 Å². The summed E-state index contributed by atoms with van der Waals surface area (Å²) in [5, 5.41) is 12.7. The van der Waals surface area contributed by atoms with Crippen LogP contribution in [0.2, 0.25) is 0 Å². The van der Waals surface area contributed by atoms with Crippen molar-refractivity contribution in [3.05, 3.63) is 59.1 Å². The summed E-state index contributed by atoms with van der Waals surface area (Å²) in [5.41, 5.74) is 3.11. The van der Waals surface area contributed by atoms with Crippen LogP contribution in [-0.4, -0.2) is 37.2 Å². The normalized spacial score (nSPS) is 14.0. The van der Waals surface area contributed by atoms with Gasteiger partial charge in [-0.3, -0.25) is 9.52 Å². The predicted molar refractivity (Wildman–Crippen MR) is 110 cm³/mol. The average molecular weight is 415 g/mol. The number of phenols is 1. The number of fused-ring (bicyclic) bond motifs is 1. The maximum absolute atomic E-state index is 13.0. The summed E-state index contributed by atoms with van der Waals surface area (Å²) in [6.07, 6.45) is 3.41. The molecule has 0 aliphatic carbocycles. The first-order valence-corrected chi connectivity index (χ1v) is 11.2. The van der Waals surface area contributed by atoms with Gasteiger partial charge in [-0.1, -0.05) is 6.07 Å². The number of aromatic hydroxyl groups is 1. The van der Waals surface area contributed by atoms with Gasteiger partial charge in [-0.25, -0.2) is 13.4 Å². The zero-order valence-electron chi connectivity index (χ0n) is 14.9. The molecule has 0 atom stereocenters. The van der Waals surface area contributed by atoms with Gasteiger partial charge >= 0.3 is 0 Å². The molecule has 0 spiro atoms. The van der Waals surface area contributed by atoms with Gasteiger partial charge in [-0.15, -0.1) is 11.3 Å². The minimum atomic E-state index is -3.55. The number of nitrogens with one attached hydrogen (secondary N) is 1. The number of phenolic OH excluding ortho intramolecular Hbond substituents is 1. The molecule has 2 heterocycles. The topological polar surface area (TPSA) is 99.6 Å². The molecule has 0 saturated heterocycles. The first-order valence-electron chi connectivity index (χ1n) is 8.47. The molecule has 0 saturated carbocycles. The number of thiazole rings is 1. The fourth-order valence-electron chi connectivity index (χ4n) is 3.21. The quantitative estimate of drug-likeness (QED) is 0.638. The van der Waals surface area contributed by atoms with Crippen LogP contribution in [0.1, 0.15) is 15.9 Å². The van der Waals surface area contributed by atoms with Crippen LogP contribution in [0.25, 0.3) is 10.6 Å². The highest BCUT2D eigenvalue weighted by Crippen LogP contribution is 2.33. The van der Waals surface area contributed by atoms with Gasteiger partial charge in [0.15, 0.2) is 0 Å². The van der Waals surface area contributed by atoms with Crippen molar-refractivity contribution in [3.8, 4) is 16.3 Å². The zero-order valence-corrected chi connectivity index (χ0v) is 16.5. The Balaban J connectivity index is 1.66. The van der Waals surface area contributed by atoms with Crippen LogP contribution in [-0.2, 0) is 16.4 Å². The highest BCUT2D eigenvalue weighted by Gasteiger charge is 2.26. The molecule has 4 rings (SSSR count). The van der Waals surface area contributed by atoms with E-state index in [0.717, 1.165) is 22.4 Å². The molecule has 1 aliphatic rings. The number of carbonyl (C=O) groups is 1. The standard InChI is InChI=1S/C19H17N3O4S2/c1-28(25,26)21-16-11-14(3-5-17(16)23)22-8-6-12-10-13(18-20-7-9-27-18)2-4-15(12)19(22)24/h2-5,7,9-11,21,23H,6,8H2,1H3. The van der Waals surface area contributed by atoms with Crippen molar-refractivity contribution in [1.82, 2.24) is 4.98 Å². The second-order valence-corrected chi connectivity index (χ2v) is 9.13. The Morgan fingerprint density at radius 3 is 2.75 bits per heavy atom. The van der Waals surface area contributed by atoms with Crippen LogP contribution in [0.15, 0.2) is 48.0 Å². The Morgan fingerprint density at radius 2 is 2.04 bits per heavy atom. The number of anilines is 2. The Labute approximate surface area is 166 Å². The predicted octanol–water partition coefficient (Wildman–Crippen LogP) is 3.09. The van der Waals surface area contributed by atoms with Gasteiger partial charge in [-0.05, 0) is 42.3 Å². The van der Waals surface area contributed by atoms with Crippen LogP contribution in [0.5, 0.6) is 5.75 Å². The lowest BCUT2D eigenvalue weighted by Gasteiger charge is -2.29. The van der Waals surface area contributed by atoms with Crippen molar-refractivity contribution in [2.45, 2.75) is 6.42 Å². The number of hydrogen-bond acceptors (Lipinski definition) is 6. The maximum atomic E-state index is 13.0. The molecule has 1 amide bonds. The third-order valence-electron chi connectivity index (χ3n) is 4.45. The van der Waals surface area contributed by atoms with E-state index in [1.54, 1.807) is 34.6 Å². The highest BCUT2D eigenvalue weighted by molar-refractivity contribution is 7.92. The smallest absolute Gasteiger partial charge is 0.258 e. The van der Waals surface area contributed by atoms with Crippen molar-refractivity contribution in [1.29, 1.82) is 0 Å². The fourth-order valence-corrected chi connectivity index (χ4v) is 4.41. The minimum absolute atomic E-state index is 0.0396. The fraction of sp³-hybridized carbons (Fsp3) is 0.158. The molecule has 0 unspecified atom stereocenters. The maximum Gasteiger partial charge on any atom is 0.258 e. The van der Waals surface area contributed by atoms with Crippen LogP contribution in [0.3, 0.4) is 0 Å². The number of benzene rings is 2. The second-order valence-electron chi connectivity index (χ2n) is 6.49. The summed E-state index contributed by atoms with van der Waals surface area (Å²) < 4.78 is 25.2. The van der Waals surface area contributed by atoms with Gasteiger partial charge in [0.2, 0.25) is 10.0 Å². The lowest BCUT2D eigenvalue weighted by atomic mass is 9.96. The van der Waals surface area contributed by atoms with E-state index >= 15 is 0 Å². The first kappa shape index (κ1) is 18.5. The SMILES string of the molecule is CS(=O)(=O)Nc1cc(N2CCc3cc(-c4nccs4)ccc3C2=O)ccc1O. The molecule has 1 aromatic heterocycles. The summed E-state index contributed by atoms with van der Waals surface area (Å²) in [4.78, 5) is 18.9. The van der Waals surface area contributed by atoms with Crippen LogP contribution < -0.4 is 9.62 Å². The lowest BCUT2D eigenvalue weighted by molar-refractivity contribution is 0.0980. The third kappa shape index (κ3) is 3.58. The average Bonchev–Trinajstić information content (AvgIpc) is 3.17. The van der Waals surface area contributed by atoms with Crippen molar-refractivity contribution in [3.63, 3.8) is 0 Å². The molecule has 9 heteroatoms. The van der Waals surface area contributed by atoms with E-state index in [2.05, 4.69) is 9.71 Å². The highest BCUT2D eigenvalue weighted by atomic mass is 32.2. The Morgan fingerprint density at radius 1 is 1.21 bits per heavy atom. The lowest BCUT2D eigenvalue weighted by Crippen LogP contribution is -2.37. The summed E-state index contributed by atoms with van der Waals surface area (Å²) in [6.45, 7) is 0.455. The molecule has 0 fully saturated rings. The van der Waals surface area contributed by atoms with Crippen molar-refractivity contribution in [2.24, 2.45) is 0 Å². The molecule has 0 radical (unpaired) electrons. The molecule has 0 bridgehead atoms. The van der Waals surface area contributed by atoms with Gasteiger partial charge < -0.3 is 10.0 Å². The van der Waals surface area contributed by atoms with Gasteiger partial charge in [0, 0.05) is 34.9 Å². The minimum Gasteiger partial charge on any atom is -0.506 e. The van der Waals surface area contributed by atoms with E-state index in [9.17, 15) is 18.3 Å². The number of nitrogens with zero attached hydrogens (tertiary/aromatic N) is 2. The molecular formula is C19H17N3O4S2. The number of hydrogen-bond donors (Lipinski definition) is 2. The summed E-state index contributed by atoms with van der Waals surface area (Å²) in [5.74, 6) is -0.366. The summed E-state index contributed by atoms with van der Waals surface area (Å²) in [6, 6.07) is 10.1. The number of aromatic nitrogens is 1. The van der Waals surface area contributed by atoms with E-state index in [1.165, 1.54) is 12.1 Å². The van der Waals surface area contributed by atoms with Crippen LogP contribution in [0, 0.1) is 0 Å². The van der Waals surface area contributed by atoms with Gasteiger partial charge in [-0.2, -0.15) is 0 Å². The Hall–Kier alpha value is -2.91. The second kappa shape index (κ2) is 6.92. The first-order chi connectivity index (χ1) is 13.3. The largest absolute Gasteiger partial charge is 0.506 e. The van der Waals surface area contributed by atoms with Crippen molar-refractivity contribution < 1.29 is 18.3 Å². The monoisotopic (exact) mass is 415 g/mol. The molecular weight excluding hydrogens is 398 g/mol. The number of amides is 1. The van der Waals surface area contributed by atoms with E-state index < -0.39 is 10.0 Å². The molecule has 2 N–H and O–H groups in total. The molecule has 28 heavy (non-hydrogen) atoms.